The zero-order valence-corrected chi connectivity index (χ0v) is 17.2. The zero-order chi connectivity index (χ0) is 17.4. The number of rotatable bonds is 5. The fourth-order valence-corrected chi connectivity index (χ4v) is 2.73. The topological polar surface area (TPSA) is 42.9 Å². The van der Waals surface area contributed by atoms with Crippen molar-refractivity contribution >= 4 is 29.9 Å². The summed E-state index contributed by atoms with van der Waals surface area (Å²) < 4.78 is 26.8. The van der Waals surface area contributed by atoms with Crippen LogP contribution in [0.3, 0.4) is 0 Å². The van der Waals surface area contributed by atoms with E-state index in [9.17, 15) is 8.78 Å². The molecule has 0 saturated carbocycles. The van der Waals surface area contributed by atoms with E-state index in [0.717, 1.165) is 51.4 Å². The first-order valence-corrected chi connectivity index (χ1v) is 8.38. The molecule has 1 aliphatic heterocycles. The Balaban J connectivity index is 0.00000312. The molecule has 0 amide bonds. The molecule has 0 bridgehead atoms. The Kier molecular flexibility index (Phi) is 10.2. The van der Waals surface area contributed by atoms with Crippen LogP contribution in [0, 0.1) is 11.6 Å². The van der Waals surface area contributed by atoms with Crippen molar-refractivity contribution < 1.29 is 8.78 Å². The van der Waals surface area contributed by atoms with Gasteiger partial charge in [-0.25, -0.2) is 8.78 Å². The first kappa shape index (κ1) is 22.0. The summed E-state index contributed by atoms with van der Waals surface area (Å²) in [7, 11) is 3.82. The molecule has 5 nitrogen and oxygen atoms in total. The Hall–Kier alpha value is -1.00. The molecule has 0 aliphatic carbocycles. The molecule has 1 aliphatic rings. The van der Waals surface area contributed by atoms with E-state index in [-0.39, 0.29) is 36.1 Å². The molecule has 0 aromatic heterocycles. The fourth-order valence-electron chi connectivity index (χ4n) is 2.73. The standard InChI is InChI=1S/C17H27F2N5.HI/c1-20-17(22-13-14-12-15(18)4-5-16(14)19)21-6-9-24-8-3-7-23(2)10-11-24;/h4-5,12H,3,6-11,13H2,1-2H3,(H2,20,21,22);1H. The number of hydrogen-bond donors (Lipinski definition) is 2. The first-order valence-electron chi connectivity index (χ1n) is 8.38. The molecule has 1 heterocycles. The van der Waals surface area contributed by atoms with Gasteiger partial charge in [-0.1, -0.05) is 0 Å². The van der Waals surface area contributed by atoms with Gasteiger partial charge in [-0.15, -0.1) is 24.0 Å². The van der Waals surface area contributed by atoms with Gasteiger partial charge in [-0.05, 0) is 44.8 Å². The minimum absolute atomic E-state index is 0. The van der Waals surface area contributed by atoms with Gasteiger partial charge >= 0.3 is 0 Å². The summed E-state index contributed by atoms with van der Waals surface area (Å²) in [6, 6.07) is 3.45. The fraction of sp³-hybridized carbons (Fsp3) is 0.588. The predicted octanol–water partition coefficient (Wildman–Crippen LogP) is 1.89. The Labute approximate surface area is 165 Å². The van der Waals surface area contributed by atoms with Crippen LogP contribution in [0.15, 0.2) is 23.2 Å². The van der Waals surface area contributed by atoms with Crippen LogP contribution in [0.4, 0.5) is 8.78 Å². The van der Waals surface area contributed by atoms with E-state index in [4.69, 9.17) is 0 Å². The molecular formula is C17H28F2IN5. The zero-order valence-electron chi connectivity index (χ0n) is 14.9. The Morgan fingerprint density at radius 3 is 2.72 bits per heavy atom. The normalized spacial score (nSPS) is 16.9. The van der Waals surface area contributed by atoms with Crippen LogP contribution in [0.2, 0.25) is 0 Å². The van der Waals surface area contributed by atoms with Crippen LogP contribution in [0.1, 0.15) is 12.0 Å². The number of aliphatic imine (C=N–C) groups is 1. The van der Waals surface area contributed by atoms with Crippen molar-refractivity contribution in [2.45, 2.75) is 13.0 Å². The lowest BCUT2D eigenvalue weighted by atomic mass is 10.2. The third-order valence-corrected chi connectivity index (χ3v) is 4.21. The maximum Gasteiger partial charge on any atom is 0.191 e. The van der Waals surface area contributed by atoms with Gasteiger partial charge in [-0.2, -0.15) is 0 Å². The second-order valence-electron chi connectivity index (χ2n) is 6.09. The molecular weight excluding hydrogens is 439 g/mol. The van der Waals surface area contributed by atoms with Gasteiger partial charge in [0.1, 0.15) is 11.6 Å². The third kappa shape index (κ3) is 7.83. The van der Waals surface area contributed by atoms with Gasteiger partial charge in [0.15, 0.2) is 5.96 Å². The van der Waals surface area contributed by atoms with Crippen LogP contribution in [0.25, 0.3) is 0 Å². The van der Waals surface area contributed by atoms with Crippen LogP contribution in [-0.4, -0.2) is 69.1 Å². The molecule has 25 heavy (non-hydrogen) atoms. The highest BCUT2D eigenvalue weighted by Crippen LogP contribution is 2.09. The summed E-state index contributed by atoms with van der Waals surface area (Å²) in [6.45, 7) is 6.29. The van der Waals surface area contributed by atoms with E-state index < -0.39 is 11.6 Å². The van der Waals surface area contributed by atoms with Crippen molar-refractivity contribution in [1.82, 2.24) is 20.4 Å². The average molecular weight is 467 g/mol. The largest absolute Gasteiger partial charge is 0.355 e. The Bertz CT molecular complexity index is 556. The minimum atomic E-state index is -0.442. The van der Waals surface area contributed by atoms with E-state index in [2.05, 4.69) is 32.5 Å². The molecule has 2 N–H and O–H groups in total. The summed E-state index contributed by atoms with van der Waals surface area (Å²) in [5.41, 5.74) is 0.286. The van der Waals surface area contributed by atoms with Gasteiger partial charge in [0.05, 0.1) is 0 Å². The monoisotopic (exact) mass is 467 g/mol. The predicted molar refractivity (Wildman–Crippen MR) is 109 cm³/mol. The molecule has 1 fully saturated rings. The number of nitrogens with one attached hydrogen (secondary N) is 2. The van der Waals surface area contributed by atoms with Gasteiger partial charge in [0.25, 0.3) is 0 Å². The van der Waals surface area contributed by atoms with E-state index in [1.165, 1.54) is 12.5 Å². The number of hydrogen-bond acceptors (Lipinski definition) is 3. The number of nitrogens with zero attached hydrogens (tertiary/aromatic N) is 3. The number of guanidine groups is 1. The van der Waals surface area contributed by atoms with Crippen LogP contribution in [0.5, 0.6) is 0 Å². The van der Waals surface area contributed by atoms with Gasteiger partial charge in [0.2, 0.25) is 0 Å². The van der Waals surface area contributed by atoms with Crippen LogP contribution in [-0.2, 0) is 6.54 Å². The molecule has 2 rings (SSSR count). The summed E-state index contributed by atoms with van der Waals surface area (Å²) in [4.78, 5) is 8.90. The van der Waals surface area contributed by atoms with E-state index in [1.807, 2.05) is 0 Å². The first-order chi connectivity index (χ1) is 11.6. The van der Waals surface area contributed by atoms with Crippen molar-refractivity contribution in [3.63, 3.8) is 0 Å². The van der Waals surface area contributed by atoms with Gasteiger partial charge in [0, 0.05) is 45.3 Å². The highest BCUT2D eigenvalue weighted by atomic mass is 127. The lowest BCUT2D eigenvalue weighted by Gasteiger charge is -2.21. The molecule has 0 unspecified atom stereocenters. The van der Waals surface area contributed by atoms with Crippen molar-refractivity contribution in [2.24, 2.45) is 4.99 Å². The average Bonchev–Trinajstić information content (AvgIpc) is 2.78. The Morgan fingerprint density at radius 1 is 1.16 bits per heavy atom. The molecule has 0 radical (unpaired) electrons. The molecule has 8 heteroatoms. The number of likely N-dealkylation sites (N-methyl/N-ethyl adjacent to an activating group) is 1. The maximum absolute atomic E-state index is 13.6. The summed E-state index contributed by atoms with van der Waals surface area (Å²) in [5.74, 6) is -0.277. The molecule has 1 aromatic carbocycles. The molecule has 1 saturated heterocycles. The van der Waals surface area contributed by atoms with Crippen LogP contribution < -0.4 is 10.6 Å². The van der Waals surface area contributed by atoms with Gasteiger partial charge < -0.3 is 20.4 Å². The third-order valence-electron chi connectivity index (χ3n) is 4.21. The maximum atomic E-state index is 13.6. The Morgan fingerprint density at radius 2 is 1.96 bits per heavy atom. The highest BCUT2D eigenvalue weighted by Gasteiger charge is 2.11. The van der Waals surface area contributed by atoms with E-state index in [1.54, 1.807) is 7.05 Å². The van der Waals surface area contributed by atoms with E-state index >= 15 is 0 Å². The quantitative estimate of drug-likeness (QED) is 0.395. The molecule has 1 aromatic rings. The number of benzene rings is 1. The van der Waals surface area contributed by atoms with Crippen molar-refractivity contribution in [3.8, 4) is 0 Å². The van der Waals surface area contributed by atoms with Gasteiger partial charge in [-0.3, -0.25) is 4.99 Å². The lowest BCUT2D eigenvalue weighted by Crippen LogP contribution is -2.42. The van der Waals surface area contributed by atoms with Crippen molar-refractivity contribution in [2.75, 3.05) is 53.4 Å². The SMILES string of the molecule is CN=C(NCCN1CCCN(C)CC1)NCc1cc(F)ccc1F.I. The smallest absolute Gasteiger partial charge is 0.191 e. The van der Waals surface area contributed by atoms with E-state index in [0.29, 0.717) is 5.96 Å². The molecule has 0 atom stereocenters. The van der Waals surface area contributed by atoms with Crippen molar-refractivity contribution in [1.29, 1.82) is 0 Å². The minimum Gasteiger partial charge on any atom is -0.355 e. The van der Waals surface area contributed by atoms with Crippen molar-refractivity contribution in [3.05, 3.63) is 35.4 Å². The molecule has 0 spiro atoms. The second kappa shape index (κ2) is 11.6. The van der Waals surface area contributed by atoms with Crippen LogP contribution >= 0.6 is 24.0 Å². The highest BCUT2D eigenvalue weighted by molar-refractivity contribution is 14.0. The summed E-state index contributed by atoms with van der Waals surface area (Å²) in [5, 5.41) is 6.24. The number of halogens is 3. The lowest BCUT2D eigenvalue weighted by molar-refractivity contribution is 0.280. The second-order valence-corrected chi connectivity index (χ2v) is 6.09. The molecule has 142 valence electrons. The summed E-state index contributed by atoms with van der Waals surface area (Å²) >= 11 is 0. The summed E-state index contributed by atoms with van der Waals surface area (Å²) in [6.07, 6.45) is 1.18.